The molecule has 0 radical (unpaired) electrons. The second kappa shape index (κ2) is 5.72. The number of carbonyl (C=O) groups is 1. The first-order chi connectivity index (χ1) is 9.03. The van der Waals surface area contributed by atoms with Crippen molar-refractivity contribution >= 4 is 5.91 Å². The van der Waals surface area contributed by atoms with E-state index in [1.165, 1.54) is 5.56 Å². The van der Waals surface area contributed by atoms with E-state index >= 15 is 0 Å². The van der Waals surface area contributed by atoms with Crippen molar-refractivity contribution in [2.45, 2.75) is 26.8 Å². The monoisotopic (exact) mass is 262 g/mol. The molecule has 0 fully saturated rings. The van der Waals surface area contributed by atoms with Crippen LogP contribution in [0.4, 0.5) is 0 Å². The lowest BCUT2D eigenvalue weighted by Crippen LogP contribution is -2.37. The van der Waals surface area contributed by atoms with Crippen LogP contribution >= 0.6 is 0 Å². The average molecular weight is 262 g/mol. The zero-order chi connectivity index (χ0) is 13.9. The molecule has 3 N–H and O–H groups in total. The summed E-state index contributed by atoms with van der Waals surface area (Å²) in [7, 11) is 0. The van der Waals surface area contributed by atoms with Gasteiger partial charge in [-0.3, -0.25) is 4.79 Å². The number of aliphatic hydroxyl groups excluding tert-OH is 1. The minimum absolute atomic E-state index is 0.0536. The summed E-state index contributed by atoms with van der Waals surface area (Å²) < 4.78 is 0. The van der Waals surface area contributed by atoms with Gasteiger partial charge in [-0.15, -0.1) is 0 Å². The molecule has 0 saturated heterocycles. The van der Waals surface area contributed by atoms with Gasteiger partial charge in [0.15, 0.2) is 0 Å². The number of carbonyl (C=O) groups excluding carboxylic acids is 1. The standard InChI is InChI=1S/C15H22N2O2/c1-15(2,10-18)9-17-14(19)12-5-3-4-11-6-7-16-8-13(11)12/h3-5,16,18H,6-10H2,1-2H3,(H,17,19). The van der Waals surface area contributed by atoms with Gasteiger partial charge in [0.2, 0.25) is 0 Å². The molecule has 1 aromatic carbocycles. The van der Waals surface area contributed by atoms with Crippen molar-refractivity contribution in [1.82, 2.24) is 10.6 Å². The van der Waals surface area contributed by atoms with Gasteiger partial charge in [-0.1, -0.05) is 26.0 Å². The Bertz CT molecular complexity index is 469. The summed E-state index contributed by atoms with van der Waals surface area (Å²) in [4.78, 5) is 12.3. The van der Waals surface area contributed by atoms with E-state index in [9.17, 15) is 9.90 Å². The first-order valence-electron chi connectivity index (χ1n) is 6.74. The number of hydrogen-bond donors (Lipinski definition) is 3. The van der Waals surface area contributed by atoms with E-state index in [2.05, 4.69) is 16.7 Å². The number of nitrogens with one attached hydrogen (secondary N) is 2. The fraction of sp³-hybridized carbons (Fsp3) is 0.533. The van der Waals surface area contributed by atoms with Crippen LogP contribution < -0.4 is 10.6 Å². The summed E-state index contributed by atoms with van der Waals surface area (Å²) in [5.74, 6) is -0.0536. The molecule has 1 heterocycles. The van der Waals surface area contributed by atoms with E-state index in [4.69, 9.17) is 0 Å². The highest BCUT2D eigenvalue weighted by Gasteiger charge is 2.20. The number of hydrogen-bond acceptors (Lipinski definition) is 3. The summed E-state index contributed by atoms with van der Waals surface area (Å²) in [6, 6.07) is 5.90. The van der Waals surface area contributed by atoms with Gasteiger partial charge >= 0.3 is 0 Å². The van der Waals surface area contributed by atoms with Crippen molar-refractivity contribution in [2.75, 3.05) is 19.7 Å². The van der Waals surface area contributed by atoms with Crippen molar-refractivity contribution in [3.63, 3.8) is 0 Å². The molecule has 19 heavy (non-hydrogen) atoms. The number of aliphatic hydroxyl groups is 1. The van der Waals surface area contributed by atoms with Crippen LogP contribution in [0.1, 0.15) is 35.3 Å². The molecule has 1 amide bonds. The highest BCUT2D eigenvalue weighted by Crippen LogP contribution is 2.19. The smallest absolute Gasteiger partial charge is 0.251 e. The summed E-state index contributed by atoms with van der Waals surface area (Å²) in [5, 5.41) is 15.4. The van der Waals surface area contributed by atoms with E-state index < -0.39 is 0 Å². The molecule has 0 saturated carbocycles. The van der Waals surface area contributed by atoms with Crippen LogP contribution in [0.15, 0.2) is 18.2 Å². The largest absolute Gasteiger partial charge is 0.396 e. The molecule has 1 aliphatic rings. The summed E-state index contributed by atoms with van der Waals surface area (Å²) in [6.45, 7) is 6.10. The number of rotatable bonds is 4. The summed E-state index contributed by atoms with van der Waals surface area (Å²) >= 11 is 0. The van der Waals surface area contributed by atoms with Gasteiger partial charge in [0.1, 0.15) is 0 Å². The van der Waals surface area contributed by atoms with Crippen LogP contribution in [0, 0.1) is 5.41 Å². The molecule has 0 atom stereocenters. The van der Waals surface area contributed by atoms with E-state index in [0.29, 0.717) is 6.54 Å². The van der Waals surface area contributed by atoms with Crippen molar-refractivity contribution in [3.05, 3.63) is 34.9 Å². The van der Waals surface area contributed by atoms with Crippen LogP contribution in [-0.2, 0) is 13.0 Å². The quantitative estimate of drug-likeness (QED) is 0.761. The van der Waals surface area contributed by atoms with Gasteiger partial charge in [0.05, 0.1) is 0 Å². The van der Waals surface area contributed by atoms with Crippen molar-refractivity contribution in [3.8, 4) is 0 Å². The van der Waals surface area contributed by atoms with Crippen LogP contribution in [0.2, 0.25) is 0 Å². The lowest BCUT2D eigenvalue weighted by molar-refractivity contribution is 0.0909. The molecule has 4 nitrogen and oxygen atoms in total. The van der Waals surface area contributed by atoms with Crippen molar-refractivity contribution in [1.29, 1.82) is 0 Å². The molecule has 0 bridgehead atoms. The lowest BCUT2D eigenvalue weighted by atomic mass is 9.93. The number of amides is 1. The lowest BCUT2D eigenvalue weighted by Gasteiger charge is -2.23. The third-order valence-electron chi connectivity index (χ3n) is 3.55. The molecular weight excluding hydrogens is 240 g/mol. The molecule has 0 unspecified atom stereocenters. The second-order valence-electron chi connectivity index (χ2n) is 5.88. The Morgan fingerprint density at radius 1 is 1.47 bits per heavy atom. The predicted molar refractivity (Wildman–Crippen MR) is 75.1 cm³/mol. The molecule has 1 aromatic rings. The predicted octanol–water partition coefficient (Wildman–Crippen LogP) is 1.08. The average Bonchev–Trinajstić information content (AvgIpc) is 2.44. The van der Waals surface area contributed by atoms with Gasteiger partial charge in [0, 0.05) is 30.7 Å². The Kier molecular flexibility index (Phi) is 4.22. The van der Waals surface area contributed by atoms with Gasteiger partial charge < -0.3 is 15.7 Å². The Hall–Kier alpha value is -1.39. The molecule has 0 spiro atoms. The van der Waals surface area contributed by atoms with E-state index in [1.54, 1.807) is 0 Å². The molecular formula is C15H22N2O2. The van der Waals surface area contributed by atoms with Crippen molar-refractivity contribution < 1.29 is 9.90 Å². The van der Waals surface area contributed by atoms with Gasteiger partial charge in [0.25, 0.3) is 5.91 Å². The number of fused-ring (bicyclic) bond motifs is 1. The van der Waals surface area contributed by atoms with Gasteiger partial charge in [-0.05, 0) is 30.2 Å². The highest BCUT2D eigenvalue weighted by molar-refractivity contribution is 5.96. The Labute approximate surface area is 114 Å². The highest BCUT2D eigenvalue weighted by atomic mass is 16.3. The van der Waals surface area contributed by atoms with E-state index in [-0.39, 0.29) is 17.9 Å². The zero-order valence-corrected chi connectivity index (χ0v) is 11.6. The van der Waals surface area contributed by atoms with E-state index in [1.807, 2.05) is 26.0 Å². The van der Waals surface area contributed by atoms with Crippen LogP contribution in [0.3, 0.4) is 0 Å². The summed E-state index contributed by atoms with van der Waals surface area (Å²) in [5.41, 5.74) is 2.82. The maximum absolute atomic E-state index is 12.3. The third kappa shape index (κ3) is 3.33. The topological polar surface area (TPSA) is 61.4 Å². The van der Waals surface area contributed by atoms with Crippen LogP contribution in [-0.4, -0.2) is 30.7 Å². The van der Waals surface area contributed by atoms with E-state index in [0.717, 1.165) is 30.6 Å². The molecule has 2 rings (SSSR count). The zero-order valence-electron chi connectivity index (χ0n) is 11.6. The molecule has 0 aliphatic carbocycles. The van der Waals surface area contributed by atoms with Crippen LogP contribution in [0.5, 0.6) is 0 Å². The minimum atomic E-state index is -0.289. The first-order valence-corrected chi connectivity index (χ1v) is 6.74. The second-order valence-corrected chi connectivity index (χ2v) is 5.88. The molecule has 4 heteroatoms. The van der Waals surface area contributed by atoms with Crippen LogP contribution in [0.25, 0.3) is 0 Å². The number of benzene rings is 1. The SMILES string of the molecule is CC(C)(CO)CNC(=O)c1cccc2c1CNCC2. The Balaban J connectivity index is 2.11. The summed E-state index contributed by atoms with van der Waals surface area (Å²) in [6.07, 6.45) is 0.971. The third-order valence-corrected chi connectivity index (χ3v) is 3.55. The first kappa shape index (κ1) is 14.0. The fourth-order valence-electron chi connectivity index (χ4n) is 2.20. The molecule has 104 valence electrons. The van der Waals surface area contributed by atoms with Crippen molar-refractivity contribution in [2.24, 2.45) is 5.41 Å². The van der Waals surface area contributed by atoms with Gasteiger partial charge in [-0.2, -0.15) is 0 Å². The van der Waals surface area contributed by atoms with Gasteiger partial charge in [-0.25, -0.2) is 0 Å². The minimum Gasteiger partial charge on any atom is -0.396 e. The molecule has 0 aromatic heterocycles. The Morgan fingerprint density at radius 3 is 3.00 bits per heavy atom. The Morgan fingerprint density at radius 2 is 2.26 bits per heavy atom. The maximum Gasteiger partial charge on any atom is 0.251 e. The fourth-order valence-corrected chi connectivity index (χ4v) is 2.20. The normalized spacial score (nSPS) is 14.9. The molecule has 1 aliphatic heterocycles. The maximum atomic E-state index is 12.3.